The van der Waals surface area contributed by atoms with Crippen molar-refractivity contribution in [1.82, 2.24) is 14.6 Å². The van der Waals surface area contributed by atoms with Gasteiger partial charge in [0.1, 0.15) is 5.82 Å². The van der Waals surface area contributed by atoms with Crippen LogP contribution in [0.15, 0.2) is 12.3 Å². The van der Waals surface area contributed by atoms with E-state index < -0.39 is 11.4 Å². The lowest BCUT2D eigenvalue weighted by molar-refractivity contribution is 0.0696. The third-order valence-electron chi connectivity index (χ3n) is 2.71. The van der Waals surface area contributed by atoms with Crippen LogP contribution >= 0.6 is 11.6 Å². The predicted octanol–water partition coefficient (Wildman–Crippen LogP) is 1.35. The van der Waals surface area contributed by atoms with Gasteiger partial charge in [-0.3, -0.25) is 4.40 Å². The third kappa shape index (κ3) is 1.93. The first-order valence-corrected chi connectivity index (χ1v) is 5.63. The van der Waals surface area contributed by atoms with Crippen LogP contribution in [0.1, 0.15) is 30.0 Å². The highest BCUT2D eigenvalue weighted by molar-refractivity contribution is 6.33. The molecule has 0 bridgehead atoms. The molecule has 2 rings (SSSR count). The summed E-state index contributed by atoms with van der Waals surface area (Å²) < 4.78 is 1.50. The Balaban J connectivity index is 2.75. The van der Waals surface area contributed by atoms with Gasteiger partial charge in [-0.2, -0.15) is 0 Å². The summed E-state index contributed by atoms with van der Waals surface area (Å²) in [5, 5.41) is 26.4. The highest BCUT2D eigenvalue weighted by atomic mass is 35.5. The number of carbonyl (C=O) groups is 1. The molecule has 6 nitrogen and oxygen atoms in total. The standard InChI is InChI=1S/C11H12ClN3O3/c1-11(2,5-16)10-14-13-8-7(12)3-6(9(17)18)4-15(8)10/h3-4,16H,5H2,1-2H3,(H,17,18). The van der Waals surface area contributed by atoms with Gasteiger partial charge in [0.15, 0.2) is 5.65 Å². The van der Waals surface area contributed by atoms with Crippen molar-refractivity contribution in [3.63, 3.8) is 0 Å². The molecule has 0 fully saturated rings. The molecule has 0 amide bonds. The summed E-state index contributed by atoms with van der Waals surface area (Å²) in [5.41, 5.74) is -0.222. The number of aliphatic hydroxyl groups is 1. The molecule has 0 aliphatic heterocycles. The first-order chi connectivity index (χ1) is 8.36. The van der Waals surface area contributed by atoms with Gasteiger partial charge in [-0.05, 0) is 6.07 Å². The van der Waals surface area contributed by atoms with Crippen molar-refractivity contribution in [3.05, 3.63) is 28.7 Å². The average Bonchev–Trinajstić information content (AvgIpc) is 2.73. The Morgan fingerprint density at radius 1 is 1.50 bits per heavy atom. The van der Waals surface area contributed by atoms with Gasteiger partial charge in [0.25, 0.3) is 0 Å². The molecule has 0 aromatic carbocycles. The molecule has 2 N–H and O–H groups in total. The Labute approximate surface area is 108 Å². The SMILES string of the molecule is CC(C)(CO)c1nnc2c(Cl)cc(C(=O)O)cn12. The summed E-state index contributed by atoms with van der Waals surface area (Å²) in [7, 11) is 0. The first-order valence-electron chi connectivity index (χ1n) is 5.26. The zero-order valence-corrected chi connectivity index (χ0v) is 10.6. The van der Waals surface area contributed by atoms with E-state index in [1.807, 2.05) is 0 Å². The van der Waals surface area contributed by atoms with Crippen LogP contribution in [0.5, 0.6) is 0 Å². The number of fused-ring (bicyclic) bond motifs is 1. The maximum Gasteiger partial charge on any atom is 0.337 e. The summed E-state index contributed by atoms with van der Waals surface area (Å²) in [6, 6.07) is 1.32. The second kappa shape index (κ2) is 4.22. The van der Waals surface area contributed by atoms with E-state index in [1.165, 1.54) is 16.7 Å². The minimum absolute atomic E-state index is 0.0438. The fourth-order valence-corrected chi connectivity index (χ4v) is 1.85. The van der Waals surface area contributed by atoms with Crippen LogP contribution in [0.2, 0.25) is 5.02 Å². The van der Waals surface area contributed by atoms with Crippen molar-refractivity contribution in [2.24, 2.45) is 0 Å². The van der Waals surface area contributed by atoms with E-state index in [0.29, 0.717) is 11.5 Å². The molecule has 7 heteroatoms. The number of pyridine rings is 1. The molecule has 0 aliphatic rings. The largest absolute Gasteiger partial charge is 0.478 e. The molecule has 0 spiro atoms. The summed E-state index contributed by atoms with van der Waals surface area (Å²) in [5.74, 6) is -0.620. The lowest BCUT2D eigenvalue weighted by Gasteiger charge is -2.19. The minimum atomic E-state index is -1.08. The van der Waals surface area contributed by atoms with Crippen molar-refractivity contribution < 1.29 is 15.0 Å². The van der Waals surface area contributed by atoms with E-state index in [9.17, 15) is 9.90 Å². The van der Waals surface area contributed by atoms with E-state index in [4.69, 9.17) is 16.7 Å². The highest BCUT2D eigenvalue weighted by Gasteiger charge is 2.27. The van der Waals surface area contributed by atoms with Crippen LogP contribution < -0.4 is 0 Å². The van der Waals surface area contributed by atoms with Gasteiger partial charge in [0.2, 0.25) is 0 Å². The van der Waals surface area contributed by atoms with E-state index >= 15 is 0 Å². The lowest BCUT2D eigenvalue weighted by Crippen LogP contribution is -2.25. The first kappa shape index (κ1) is 12.8. The van der Waals surface area contributed by atoms with Gasteiger partial charge in [0.05, 0.1) is 17.2 Å². The third-order valence-corrected chi connectivity index (χ3v) is 2.99. The molecule has 0 aliphatic carbocycles. The molecule has 0 atom stereocenters. The molecule has 18 heavy (non-hydrogen) atoms. The van der Waals surface area contributed by atoms with E-state index in [0.717, 1.165) is 0 Å². The zero-order chi connectivity index (χ0) is 13.5. The van der Waals surface area contributed by atoms with Crippen molar-refractivity contribution in [3.8, 4) is 0 Å². The Hall–Kier alpha value is -1.66. The number of rotatable bonds is 3. The Morgan fingerprint density at radius 2 is 2.17 bits per heavy atom. The normalized spacial score (nSPS) is 12.0. The molecular weight excluding hydrogens is 258 g/mol. The van der Waals surface area contributed by atoms with Crippen LogP contribution in [0, 0.1) is 0 Å². The molecule has 2 aromatic rings. The molecule has 2 heterocycles. The van der Waals surface area contributed by atoms with Gasteiger partial charge >= 0.3 is 5.97 Å². The number of hydrogen-bond acceptors (Lipinski definition) is 4. The predicted molar refractivity (Wildman–Crippen MR) is 65.1 cm³/mol. The fraction of sp³-hybridized carbons (Fsp3) is 0.364. The van der Waals surface area contributed by atoms with Crippen LogP contribution in [0.3, 0.4) is 0 Å². The number of halogens is 1. The Kier molecular flexibility index (Phi) is 3.00. The van der Waals surface area contributed by atoms with Crippen LogP contribution in [-0.4, -0.2) is 37.4 Å². The summed E-state index contributed by atoms with van der Waals surface area (Å²) in [6.45, 7) is 3.43. The average molecular weight is 270 g/mol. The molecule has 96 valence electrons. The van der Waals surface area contributed by atoms with Gasteiger partial charge < -0.3 is 10.2 Å². The van der Waals surface area contributed by atoms with Gasteiger partial charge in [0, 0.05) is 11.6 Å². The van der Waals surface area contributed by atoms with Crippen LogP contribution in [-0.2, 0) is 5.41 Å². The number of nitrogens with zero attached hydrogens (tertiary/aromatic N) is 3. The maximum absolute atomic E-state index is 11.0. The molecule has 0 unspecified atom stereocenters. The molecule has 0 saturated heterocycles. The number of carboxylic acids is 1. The number of carboxylic acid groups (broad SMARTS) is 1. The second-order valence-corrected chi connectivity index (χ2v) is 5.05. The van der Waals surface area contributed by atoms with Gasteiger partial charge in [-0.1, -0.05) is 25.4 Å². The summed E-state index contributed by atoms with van der Waals surface area (Å²) in [6.07, 6.45) is 1.40. The van der Waals surface area contributed by atoms with Crippen molar-refractivity contribution >= 4 is 23.2 Å². The number of aromatic carboxylic acids is 1. The summed E-state index contributed by atoms with van der Waals surface area (Å²) >= 11 is 5.96. The van der Waals surface area contributed by atoms with Crippen molar-refractivity contribution in [2.45, 2.75) is 19.3 Å². The highest BCUT2D eigenvalue weighted by Crippen LogP contribution is 2.25. The van der Waals surface area contributed by atoms with E-state index in [1.54, 1.807) is 13.8 Å². The Morgan fingerprint density at radius 3 is 2.72 bits per heavy atom. The smallest absolute Gasteiger partial charge is 0.337 e. The van der Waals surface area contributed by atoms with E-state index in [2.05, 4.69) is 10.2 Å². The van der Waals surface area contributed by atoms with Gasteiger partial charge in [-0.15, -0.1) is 10.2 Å². The van der Waals surface area contributed by atoms with E-state index in [-0.39, 0.29) is 17.2 Å². The molecule has 0 saturated carbocycles. The fourth-order valence-electron chi connectivity index (χ4n) is 1.60. The van der Waals surface area contributed by atoms with Crippen LogP contribution in [0.25, 0.3) is 5.65 Å². The number of aromatic nitrogens is 3. The lowest BCUT2D eigenvalue weighted by atomic mass is 9.94. The molecule has 0 radical (unpaired) electrons. The molecule has 2 aromatic heterocycles. The quantitative estimate of drug-likeness (QED) is 0.878. The van der Waals surface area contributed by atoms with Crippen molar-refractivity contribution in [1.29, 1.82) is 0 Å². The monoisotopic (exact) mass is 269 g/mol. The number of aliphatic hydroxyl groups excluding tert-OH is 1. The zero-order valence-electron chi connectivity index (χ0n) is 9.88. The molecular formula is C11H12ClN3O3. The Bertz CT molecular complexity index is 621. The van der Waals surface area contributed by atoms with Gasteiger partial charge in [-0.25, -0.2) is 4.79 Å². The summed E-state index contributed by atoms with van der Waals surface area (Å²) in [4.78, 5) is 11.0. The number of hydrogen-bond donors (Lipinski definition) is 2. The van der Waals surface area contributed by atoms with Crippen LogP contribution in [0.4, 0.5) is 0 Å². The maximum atomic E-state index is 11.0. The van der Waals surface area contributed by atoms with Crippen molar-refractivity contribution in [2.75, 3.05) is 6.61 Å². The second-order valence-electron chi connectivity index (χ2n) is 4.64. The minimum Gasteiger partial charge on any atom is -0.478 e. The topological polar surface area (TPSA) is 87.7 Å².